The van der Waals surface area contributed by atoms with E-state index in [1.54, 1.807) is 24.3 Å². The average Bonchev–Trinajstić information content (AvgIpc) is 3.38. The topological polar surface area (TPSA) is 110 Å². The molecule has 1 N–H and O–H groups in total. The minimum atomic E-state index is -0.961. The molecule has 2 atom stereocenters. The molecule has 1 fully saturated rings. The lowest BCUT2D eigenvalue weighted by Crippen LogP contribution is -2.31. The Labute approximate surface area is 207 Å². The number of Topliss-reactive ketones (excluding diaryl/α,β-unsaturated/α-hetero) is 1. The summed E-state index contributed by atoms with van der Waals surface area (Å²) in [5.74, 6) is -1.16. The maximum Gasteiger partial charge on any atom is 0.295 e. The molecule has 0 saturated carbocycles. The molecule has 0 bridgehead atoms. The molecule has 2 aliphatic heterocycles. The van der Waals surface area contributed by atoms with Crippen molar-refractivity contribution in [2.24, 2.45) is 0 Å². The Hall–Kier alpha value is -4.46. The average molecular weight is 485 g/mol. The number of nitro benzene ring substituents is 1. The molecule has 8 nitrogen and oxygen atoms in total. The third-order valence-corrected chi connectivity index (χ3v) is 6.59. The molecule has 0 aliphatic carbocycles. The van der Waals surface area contributed by atoms with E-state index < -0.39 is 22.7 Å². The number of hydrogen-bond donors (Lipinski definition) is 1. The number of nitro groups is 1. The number of hydrogen-bond acceptors (Lipinski definition) is 6. The maximum atomic E-state index is 13.3. The third-order valence-electron chi connectivity index (χ3n) is 6.59. The SMILES string of the molecule is C[C@H]1Cc2cc(/C(O)=C3\C(=O)C(=O)N(CCc4ccccc4)[C@@H]3c3cccc([N+](=O)[O-])c3)ccc2O1. The van der Waals surface area contributed by atoms with E-state index in [2.05, 4.69) is 0 Å². The van der Waals surface area contributed by atoms with Gasteiger partial charge in [-0.2, -0.15) is 0 Å². The van der Waals surface area contributed by atoms with Crippen LogP contribution in [0.4, 0.5) is 5.69 Å². The van der Waals surface area contributed by atoms with Gasteiger partial charge in [-0.05, 0) is 48.2 Å². The summed E-state index contributed by atoms with van der Waals surface area (Å²) in [5.41, 5.74) is 2.41. The lowest BCUT2D eigenvalue weighted by atomic mass is 9.94. The summed E-state index contributed by atoms with van der Waals surface area (Å²) in [5, 5.41) is 22.8. The third kappa shape index (κ3) is 4.22. The Morgan fingerprint density at radius 3 is 2.61 bits per heavy atom. The van der Waals surface area contributed by atoms with Crippen LogP contribution >= 0.6 is 0 Å². The molecule has 8 heteroatoms. The Bertz CT molecular complexity index is 1400. The van der Waals surface area contributed by atoms with E-state index in [1.165, 1.54) is 23.1 Å². The quantitative estimate of drug-likeness (QED) is 0.180. The highest BCUT2D eigenvalue weighted by Gasteiger charge is 2.46. The predicted octanol–water partition coefficient (Wildman–Crippen LogP) is 4.58. The number of aliphatic hydroxyl groups excluding tert-OH is 1. The van der Waals surface area contributed by atoms with Crippen LogP contribution in [0, 0.1) is 10.1 Å². The molecular weight excluding hydrogens is 460 g/mol. The zero-order valence-corrected chi connectivity index (χ0v) is 19.6. The van der Waals surface area contributed by atoms with E-state index in [1.807, 2.05) is 37.3 Å². The Morgan fingerprint density at radius 2 is 1.86 bits per heavy atom. The van der Waals surface area contributed by atoms with E-state index >= 15 is 0 Å². The van der Waals surface area contributed by atoms with Gasteiger partial charge in [0.25, 0.3) is 17.4 Å². The first-order chi connectivity index (χ1) is 17.3. The number of aliphatic hydroxyl groups is 1. The zero-order chi connectivity index (χ0) is 25.4. The largest absolute Gasteiger partial charge is 0.507 e. The summed E-state index contributed by atoms with van der Waals surface area (Å²) in [4.78, 5) is 38.8. The lowest BCUT2D eigenvalue weighted by molar-refractivity contribution is -0.384. The van der Waals surface area contributed by atoms with Crippen LogP contribution in [0.3, 0.4) is 0 Å². The number of non-ortho nitro benzene ring substituents is 1. The molecule has 0 unspecified atom stereocenters. The van der Waals surface area contributed by atoms with Crippen molar-refractivity contribution in [3.63, 3.8) is 0 Å². The van der Waals surface area contributed by atoms with Crippen LogP contribution in [0.15, 0.2) is 78.4 Å². The second kappa shape index (κ2) is 9.30. The number of rotatable bonds is 6. The first-order valence-electron chi connectivity index (χ1n) is 11.7. The van der Waals surface area contributed by atoms with Crippen molar-refractivity contribution in [1.29, 1.82) is 0 Å². The number of nitrogens with zero attached hydrogens (tertiary/aromatic N) is 2. The number of ether oxygens (including phenoxy) is 1. The minimum Gasteiger partial charge on any atom is -0.507 e. The molecule has 182 valence electrons. The van der Waals surface area contributed by atoms with Crippen LogP contribution in [0.1, 0.15) is 35.2 Å². The summed E-state index contributed by atoms with van der Waals surface area (Å²) in [6, 6.07) is 19.5. The van der Waals surface area contributed by atoms with E-state index in [4.69, 9.17) is 4.74 Å². The van der Waals surface area contributed by atoms with E-state index in [-0.39, 0.29) is 29.7 Å². The lowest BCUT2D eigenvalue weighted by Gasteiger charge is -2.25. The van der Waals surface area contributed by atoms with Gasteiger partial charge in [-0.15, -0.1) is 0 Å². The second-order valence-electron chi connectivity index (χ2n) is 9.04. The van der Waals surface area contributed by atoms with Crippen molar-refractivity contribution in [1.82, 2.24) is 4.90 Å². The van der Waals surface area contributed by atoms with Crippen LogP contribution in [0.25, 0.3) is 5.76 Å². The molecule has 36 heavy (non-hydrogen) atoms. The number of carbonyl (C=O) groups is 2. The van der Waals surface area contributed by atoms with Crippen molar-refractivity contribution in [2.75, 3.05) is 6.54 Å². The molecule has 0 aromatic heterocycles. The van der Waals surface area contributed by atoms with Gasteiger partial charge < -0.3 is 14.7 Å². The zero-order valence-electron chi connectivity index (χ0n) is 19.6. The van der Waals surface area contributed by atoms with Crippen LogP contribution in [-0.4, -0.2) is 39.3 Å². The van der Waals surface area contributed by atoms with Crippen molar-refractivity contribution < 1.29 is 24.4 Å². The van der Waals surface area contributed by atoms with Gasteiger partial charge in [0.2, 0.25) is 0 Å². The number of likely N-dealkylation sites (tertiary alicyclic amines) is 1. The van der Waals surface area contributed by atoms with Gasteiger partial charge in [0.1, 0.15) is 17.6 Å². The Kier molecular flexibility index (Phi) is 6.01. The van der Waals surface area contributed by atoms with E-state index in [0.29, 0.717) is 24.0 Å². The van der Waals surface area contributed by atoms with Gasteiger partial charge in [-0.25, -0.2) is 0 Å². The molecule has 0 radical (unpaired) electrons. The molecule has 2 aliphatic rings. The summed E-state index contributed by atoms with van der Waals surface area (Å²) >= 11 is 0. The molecular formula is C28H24N2O6. The first-order valence-corrected chi connectivity index (χ1v) is 11.7. The molecule has 0 spiro atoms. The normalized spacial score (nSPS) is 20.3. The Balaban J connectivity index is 1.60. The van der Waals surface area contributed by atoms with Crippen molar-refractivity contribution in [3.05, 3.63) is 111 Å². The van der Waals surface area contributed by atoms with Gasteiger partial charge in [0, 0.05) is 30.7 Å². The summed E-state index contributed by atoms with van der Waals surface area (Å²) < 4.78 is 5.73. The molecule has 1 amide bonds. The highest BCUT2D eigenvalue weighted by atomic mass is 16.6. The number of amides is 1. The number of benzene rings is 3. The fourth-order valence-electron chi connectivity index (χ4n) is 4.88. The summed E-state index contributed by atoms with van der Waals surface area (Å²) in [6.07, 6.45) is 1.15. The number of carbonyl (C=O) groups excluding carboxylic acids is 2. The van der Waals surface area contributed by atoms with Crippen LogP contribution < -0.4 is 4.74 Å². The predicted molar refractivity (Wildman–Crippen MR) is 132 cm³/mol. The van der Waals surface area contributed by atoms with E-state index in [9.17, 15) is 24.8 Å². The van der Waals surface area contributed by atoms with E-state index in [0.717, 1.165) is 16.9 Å². The second-order valence-corrected chi connectivity index (χ2v) is 9.04. The molecule has 2 heterocycles. The fraction of sp³-hybridized carbons (Fsp3) is 0.214. The highest BCUT2D eigenvalue weighted by molar-refractivity contribution is 6.46. The van der Waals surface area contributed by atoms with Crippen LogP contribution in [0.2, 0.25) is 0 Å². The monoisotopic (exact) mass is 484 g/mol. The van der Waals surface area contributed by atoms with Gasteiger partial charge in [0.15, 0.2) is 0 Å². The van der Waals surface area contributed by atoms with Crippen molar-refractivity contribution in [3.8, 4) is 5.75 Å². The van der Waals surface area contributed by atoms with Crippen molar-refractivity contribution >= 4 is 23.1 Å². The summed E-state index contributed by atoms with van der Waals surface area (Å²) in [6.45, 7) is 2.15. The number of fused-ring (bicyclic) bond motifs is 1. The smallest absolute Gasteiger partial charge is 0.295 e. The van der Waals surface area contributed by atoms with Crippen LogP contribution in [-0.2, 0) is 22.4 Å². The fourth-order valence-corrected chi connectivity index (χ4v) is 4.88. The molecule has 1 saturated heterocycles. The standard InChI is InChI=1S/C28H24N2O6/c1-17-14-21-15-20(10-11-23(21)36-17)26(31)24-25(19-8-5-9-22(16-19)30(34)35)29(28(33)27(24)32)13-12-18-6-3-2-4-7-18/h2-11,15-17,25,31H,12-14H2,1H3/b26-24+/t17-,25+/m0/s1. The molecule has 3 aromatic carbocycles. The maximum absolute atomic E-state index is 13.3. The number of ketones is 1. The first kappa shape index (κ1) is 23.3. The molecule has 3 aromatic rings. The summed E-state index contributed by atoms with van der Waals surface area (Å²) in [7, 11) is 0. The van der Waals surface area contributed by atoms with Gasteiger partial charge >= 0.3 is 0 Å². The highest BCUT2D eigenvalue weighted by Crippen LogP contribution is 2.41. The van der Waals surface area contributed by atoms with Gasteiger partial charge in [-0.3, -0.25) is 19.7 Å². The van der Waals surface area contributed by atoms with Gasteiger partial charge in [0.05, 0.1) is 16.5 Å². The van der Waals surface area contributed by atoms with Crippen LogP contribution in [0.5, 0.6) is 5.75 Å². The van der Waals surface area contributed by atoms with Gasteiger partial charge in [-0.1, -0.05) is 42.5 Å². The molecule has 5 rings (SSSR count). The minimum absolute atomic E-state index is 0.00540. The Morgan fingerprint density at radius 1 is 1.08 bits per heavy atom. The van der Waals surface area contributed by atoms with Crippen molar-refractivity contribution in [2.45, 2.75) is 31.9 Å².